The number of nitrogens with one attached hydrogen (secondary N) is 1. The van der Waals surface area contributed by atoms with Crippen LogP contribution in [0.1, 0.15) is 43.2 Å². The second kappa shape index (κ2) is 10.2. The number of nitrogens with zero attached hydrogens (tertiary/aromatic N) is 2. The average Bonchev–Trinajstić information content (AvgIpc) is 3.16. The Bertz CT molecular complexity index is 568. The summed E-state index contributed by atoms with van der Waals surface area (Å²) in [6.45, 7) is 9.07. The molecule has 3 rings (SSSR count). The maximum Gasteiger partial charge on any atom is 0.169 e. The summed E-state index contributed by atoms with van der Waals surface area (Å²) in [5.74, 6) is 0. The van der Waals surface area contributed by atoms with E-state index in [-0.39, 0.29) is 0 Å². The van der Waals surface area contributed by atoms with Crippen LogP contribution in [0.5, 0.6) is 0 Å². The molecule has 2 aliphatic rings. The summed E-state index contributed by atoms with van der Waals surface area (Å²) in [6, 6.07) is 9.22. The lowest BCUT2D eigenvalue weighted by Crippen LogP contribution is -2.45. The lowest BCUT2D eigenvalue weighted by molar-refractivity contribution is 0.0367. The summed E-state index contributed by atoms with van der Waals surface area (Å²) in [6.07, 6.45) is 6.31. The van der Waals surface area contributed by atoms with E-state index in [2.05, 4.69) is 46.3 Å². The molecule has 1 aromatic rings. The molecule has 0 spiro atoms. The van der Waals surface area contributed by atoms with E-state index in [1.54, 1.807) is 0 Å². The van der Waals surface area contributed by atoms with Crippen molar-refractivity contribution in [3.8, 4) is 0 Å². The molecular formula is C21H33N3OS. The van der Waals surface area contributed by atoms with Gasteiger partial charge in [0.25, 0.3) is 0 Å². The fraction of sp³-hybridized carbons (Fsp3) is 0.667. The van der Waals surface area contributed by atoms with E-state index < -0.39 is 0 Å². The molecule has 1 aliphatic heterocycles. The minimum absolute atomic E-state index is 0.570. The number of aryl methyl sites for hydroxylation is 1. The Balaban J connectivity index is 1.56. The Morgan fingerprint density at radius 3 is 2.69 bits per heavy atom. The first-order valence-corrected chi connectivity index (χ1v) is 10.5. The van der Waals surface area contributed by atoms with Gasteiger partial charge >= 0.3 is 0 Å². The van der Waals surface area contributed by atoms with Crippen LogP contribution in [0.2, 0.25) is 0 Å². The van der Waals surface area contributed by atoms with Crippen molar-refractivity contribution < 1.29 is 4.74 Å². The minimum atomic E-state index is 0.570. The number of hydrogen-bond acceptors (Lipinski definition) is 3. The van der Waals surface area contributed by atoms with E-state index in [0.717, 1.165) is 57.5 Å². The first-order chi connectivity index (χ1) is 12.7. The van der Waals surface area contributed by atoms with Crippen LogP contribution in [-0.2, 0) is 11.3 Å². The highest BCUT2D eigenvalue weighted by molar-refractivity contribution is 7.80. The quantitative estimate of drug-likeness (QED) is 0.738. The van der Waals surface area contributed by atoms with Crippen LogP contribution < -0.4 is 5.32 Å². The Morgan fingerprint density at radius 2 is 1.96 bits per heavy atom. The van der Waals surface area contributed by atoms with E-state index in [1.807, 2.05) is 0 Å². The van der Waals surface area contributed by atoms with Gasteiger partial charge in [0.1, 0.15) is 0 Å². The molecule has 0 radical (unpaired) electrons. The molecular weight excluding hydrogens is 342 g/mol. The molecule has 0 bridgehead atoms. The average molecular weight is 376 g/mol. The summed E-state index contributed by atoms with van der Waals surface area (Å²) >= 11 is 5.81. The third kappa shape index (κ3) is 5.93. The molecule has 1 aliphatic carbocycles. The second-order valence-corrected chi connectivity index (χ2v) is 7.97. The van der Waals surface area contributed by atoms with E-state index in [0.29, 0.717) is 6.04 Å². The van der Waals surface area contributed by atoms with Gasteiger partial charge in [-0.1, -0.05) is 37.1 Å². The predicted octanol–water partition coefficient (Wildman–Crippen LogP) is 3.34. The van der Waals surface area contributed by atoms with E-state index in [1.165, 1.54) is 36.8 Å². The number of hydrogen-bond donors (Lipinski definition) is 1. The molecule has 1 aromatic carbocycles. The van der Waals surface area contributed by atoms with Gasteiger partial charge in [0.05, 0.1) is 13.2 Å². The summed E-state index contributed by atoms with van der Waals surface area (Å²) in [5.41, 5.74) is 2.71. The lowest BCUT2D eigenvalue weighted by atomic mass is 10.1. The van der Waals surface area contributed by atoms with Crippen molar-refractivity contribution in [1.29, 1.82) is 0 Å². The van der Waals surface area contributed by atoms with Crippen molar-refractivity contribution >= 4 is 17.3 Å². The standard InChI is InChI=1S/C21H33N3OS/c1-18-7-2-3-8-19(18)17-24(21(26)22-20-9-4-5-10-20)12-6-11-23-13-15-25-16-14-23/h2-3,7-8,20H,4-6,9-17H2,1H3,(H,22,26). The molecule has 2 fully saturated rings. The molecule has 0 amide bonds. The van der Waals surface area contributed by atoms with Gasteiger partial charge in [0.15, 0.2) is 5.11 Å². The van der Waals surface area contributed by atoms with E-state index >= 15 is 0 Å². The molecule has 1 heterocycles. The van der Waals surface area contributed by atoms with Crippen molar-refractivity contribution in [2.24, 2.45) is 0 Å². The second-order valence-electron chi connectivity index (χ2n) is 7.59. The van der Waals surface area contributed by atoms with Crippen LogP contribution >= 0.6 is 12.2 Å². The van der Waals surface area contributed by atoms with Crippen molar-refractivity contribution in [2.75, 3.05) is 39.4 Å². The Morgan fingerprint density at radius 1 is 1.23 bits per heavy atom. The minimum Gasteiger partial charge on any atom is -0.379 e. The zero-order valence-corrected chi connectivity index (χ0v) is 16.9. The van der Waals surface area contributed by atoms with Gasteiger partial charge in [-0.15, -0.1) is 0 Å². The van der Waals surface area contributed by atoms with Crippen LogP contribution in [0.25, 0.3) is 0 Å². The van der Waals surface area contributed by atoms with Crippen LogP contribution in [0.3, 0.4) is 0 Å². The highest BCUT2D eigenvalue weighted by atomic mass is 32.1. The zero-order valence-electron chi connectivity index (χ0n) is 16.1. The van der Waals surface area contributed by atoms with E-state index in [4.69, 9.17) is 17.0 Å². The molecule has 1 N–H and O–H groups in total. The third-order valence-electron chi connectivity index (χ3n) is 5.60. The zero-order chi connectivity index (χ0) is 18.2. The number of rotatable bonds is 7. The van der Waals surface area contributed by atoms with Crippen LogP contribution in [0.15, 0.2) is 24.3 Å². The third-order valence-corrected chi connectivity index (χ3v) is 5.97. The molecule has 5 heteroatoms. The first kappa shape index (κ1) is 19.6. The summed E-state index contributed by atoms with van der Waals surface area (Å²) in [7, 11) is 0. The van der Waals surface area contributed by atoms with Crippen molar-refractivity contribution in [1.82, 2.24) is 15.1 Å². The molecule has 144 valence electrons. The SMILES string of the molecule is Cc1ccccc1CN(CCCN1CCOCC1)C(=S)NC1CCCC1. The molecule has 1 saturated heterocycles. The van der Waals surface area contributed by atoms with Gasteiger partial charge in [-0.3, -0.25) is 4.90 Å². The first-order valence-electron chi connectivity index (χ1n) is 10.1. The highest BCUT2D eigenvalue weighted by Gasteiger charge is 2.19. The molecule has 0 aromatic heterocycles. The maximum atomic E-state index is 5.81. The Hall–Kier alpha value is -1.17. The molecule has 1 saturated carbocycles. The van der Waals surface area contributed by atoms with Crippen molar-refractivity contribution in [2.45, 2.75) is 51.6 Å². The topological polar surface area (TPSA) is 27.7 Å². The van der Waals surface area contributed by atoms with E-state index in [9.17, 15) is 0 Å². The van der Waals surface area contributed by atoms with Crippen molar-refractivity contribution in [3.05, 3.63) is 35.4 Å². The largest absolute Gasteiger partial charge is 0.379 e. The van der Waals surface area contributed by atoms with Gasteiger partial charge < -0.3 is 15.0 Å². The summed E-state index contributed by atoms with van der Waals surface area (Å²) in [5, 5.41) is 4.56. The molecule has 4 nitrogen and oxygen atoms in total. The molecule has 26 heavy (non-hydrogen) atoms. The van der Waals surface area contributed by atoms with Gasteiger partial charge in [-0.25, -0.2) is 0 Å². The number of benzene rings is 1. The predicted molar refractivity (Wildman–Crippen MR) is 111 cm³/mol. The maximum absolute atomic E-state index is 5.81. The monoisotopic (exact) mass is 375 g/mol. The normalized spacial score (nSPS) is 18.8. The van der Waals surface area contributed by atoms with Crippen LogP contribution in [0.4, 0.5) is 0 Å². The van der Waals surface area contributed by atoms with Crippen LogP contribution in [0, 0.1) is 6.92 Å². The molecule has 0 unspecified atom stereocenters. The van der Waals surface area contributed by atoms with Gasteiger partial charge in [-0.2, -0.15) is 0 Å². The highest BCUT2D eigenvalue weighted by Crippen LogP contribution is 2.19. The Labute approximate surface area is 163 Å². The van der Waals surface area contributed by atoms with Gasteiger partial charge in [0, 0.05) is 38.8 Å². The fourth-order valence-electron chi connectivity index (χ4n) is 3.89. The summed E-state index contributed by atoms with van der Waals surface area (Å²) < 4.78 is 5.45. The smallest absolute Gasteiger partial charge is 0.169 e. The number of morpholine rings is 1. The van der Waals surface area contributed by atoms with Crippen LogP contribution in [-0.4, -0.2) is 60.3 Å². The molecule has 0 atom stereocenters. The van der Waals surface area contributed by atoms with Gasteiger partial charge in [-0.05, 0) is 49.5 Å². The number of ether oxygens (including phenoxy) is 1. The number of thiocarbonyl (C=S) groups is 1. The Kier molecular flexibility index (Phi) is 7.71. The lowest BCUT2D eigenvalue weighted by Gasteiger charge is -2.31. The van der Waals surface area contributed by atoms with Crippen molar-refractivity contribution in [3.63, 3.8) is 0 Å². The van der Waals surface area contributed by atoms with Gasteiger partial charge in [0.2, 0.25) is 0 Å². The summed E-state index contributed by atoms with van der Waals surface area (Å²) in [4.78, 5) is 4.87. The fourth-order valence-corrected chi connectivity index (χ4v) is 4.21.